The lowest BCUT2D eigenvalue weighted by atomic mass is 9.60. The van der Waals surface area contributed by atoms with Crippen LogP contribution in [0, 0.1) is 5.92 Å². The van der Waals surface area contributed by atoms with Gasteiger partial charge in [-0.05, 0) is 49.3 Å². The first-order valence-corrected chi connectivity index (χ1v) is 14.1. The lowest BCUT2D eigenvalue weighted by molar-refractivity contribution is -0.106. The molecule has 202 valence electrons. The predicted octanol–water partition coefficient (Wildman–Crippen LogP) is 3.93. The van der Waals surface area contributed by atoms with E-state index in [2.05, 4.69) is 51.5 Å². The summed E-state index contributed by atoms with van der Waals surface area (Å²) in [6.07, 6.45) is 3.47. The molecule has 2 saturated carbocycles. The third-order valence-corrected chi connectivity index (χ3v) is 8.83. The number of aliphatic hydroxyl groups is 1. The molecule has 0 unspecified atom stereocenters. The maximum absolute atomic E-state index is 10.9. The maximum atomic E-state index is 10.9. The summed E-state index contributed by atoms with van der Waals surface area (Å²) < 4.78 is 7.56. The zero-order valence-corrected chi connectivity index (χ0v) is 22.2. The smallest absolute Gasteiger partial charge is 0.233 e. The Morgan fingerprint density at radius 2 is 1.52 bits per heavy atom. The van der Waals surface area contributed by atoms with Gasteiger partial charge < -0.3 is 20.5 Å². The fourth-order valence-corrected chi connectivity index (χ4v) is 6.55. The summed E-state index contributed by atoms with van der Waals surface area (Å²) >= 11 is 0. The van der Waals surface area contributed by atoms with Crippen molar-refractivity contribution in [3.63, 3.8) is 0 Å². The molecule has 40 heavy (non-hydrogen) atoms. The van der Waals surface area contributed by atoms with Crippen molar-refractivity contribution in [2.75, 3.05) is 31.2 Å². The highest BCUT2D eigenvalue weighted by molar-refractivity contribution is 5.86. The zero-order chi connectivity index (χ0) is 26.9. The molecule has 3 aliphatic rings. The van der Waals surface area contributed by atoms with E-state index in [9.17, 15) is 5.11 Å². The van der Waals surface area contributed by atoms with Crippen LogP contribution in [0.25, 0.3) is 39.3 Å². The number of ether oxygens (including phenoxy) is 1. The highest BCUT2D eigenvalue weighted by Gasteiger charge is 2.58. The second kappa shape index (κ2) is 8.79. The van der Waals surface area contributed by atoms with Crippen LogP contribution in [0.1, 0.15) is 31.2 Å². The van der Waals surface area contributed by atoms with Gasteiger partial charge in [0.1, 0.15) is 5.52 Å². The Morgan fingerprint density at radius 1 is 0.825 bits per heavy atom. The van der Waals surface area contributed by atoms with Gasteiger partial charge >= 0.3 is 0 Å². The van der Waals surface area contributed by atoms with Crippen LogP contribution in [0.5, 0.6) is 0 Å². The van der Waals surface area contributed by atoms with Crippen LogP contribution in [0.4, 0.5) is 5.95 Å². The Balaban J connectivity index is 1.24. The van der Waals surface area contributed by atoms with Gasteiger partial charge in [-0.2, -0.15) is 0 Å². The lowest BCUT2D eigenvalue weighted by Crippen LogP contribution is -2.60. The van der Waals surface area contributed by atoms with Crippen LogP contribution < -0.4 is 10.6 Å². The summed E-state index contributed by atoms with van der Waals surface area (Å²) in [5.74, 6) is 1.18. The van der Waals surface area contributed by atoms with E-state index in [4.69, 9.17) is 20.4 Å². The van der Waals surface area contributed by atoms with Gasteiger partial charge in [0.25, 0.3) is 0 Å². The number of benzene rings is 2. The summed E-state index contributed by atoms with van der Waals surface area (Å²) in [5.41, 5.74) is 12.5. The molecule has 0 bridgehead atoms. The van der Waals surface area contributed by atoms with Gasteiger partial charge in [0.2, 0.25) is 5.95 Å². The first kappa shape index (κ1) is 23.9. The van der Waals surface area contributed by atoms with E-state index >= 15 is 0 Å². The van der Waals surface area contributed by atoms with E-state index in [-0.39, 0.29) is 0 Å². The van der Waals surface area contributed by atoms with Gasteiger partial charge in [0.15, 0.2) is 11.3 Å². The number of hydrogen-bond donors (Lipinski definition) is 2. The number of fused-ring (bicyclic) bond motifs is 3. The Hall–Kier alpha value is -3.92. The SMILES string of the molecule is NC1(c2ccc(-c3nc4ccc5nnc(N6CCOCC6)n5c4nc3-c3ccccc3)cc2)CC(O)(C2CC2)C1. The van der Waals surface area contributed by atoms with E-state index < -0.39 is 11.1 Å². The monoisotopic (exact) mass is 533 g/mol. The number of nitrogens with two attached hydrogens (primary N) is 1. The van der Waals surface area contributed by atoms with Crippen molar-refractivity contribution in [3.8, 4) is 22.5 Å². The Kier molecular flexibility index (Phi) is 5.26. The molecule has 2 aromatic carbocycles. The molecule has 1 saturated heterocycles. The van der Waals surface area contributed by atoms with Crippen LogP contribution in [0.3, 0.4) is 0 Å². The highest BCUT2D eigenvalue weighted by Crippen LogP contribution is 2.57. The third-order valence-electron chi connectivity index (χ3n) is 8.83. The molecule has 4 heterocycles. The van der Waals surface area contributed by atoms with E-state index in [1.54, 1.807) is 0 Å². The largest absolute Gasteiger partial charge is 0.389 e. The van der Waals surface area contributed by atoms with Crippen molar-refractivity contribution >= 4 is 22.8 Å². The minimum atomic E-state index is -0.592. The summed E-state index contributed by atoms with van der Waals surface area (Å²) in [6, 6.07) is 22.4. The number of morpholine rings is 1. The molecular formula is C31H31N7O2. The Morgan fingerprint density at radius 3 is 2.25 bits per heavy atom. The van der Waals surface area contributed by atoms with Crippen molar-refractivity contribution in [2.45, 2.75) is 36.8 Å². The number of hydrogen-bond acceptors (Lipinski definition) is 8. The molecule has 9 nitrogen and oxygen atoms in total. The van der Waals surface area contributed by atoms with Crippen molar-refractivity contribution in [1.29, 1.82) is 0 Å². The molecule has 1 aliphatic heterocycles. The minimum absolute atomic E-state index is 0.422. The number of rotatable bonds is 5. The highest BCUT2D eigenvalue weighted by atomic mass is 16.5. The van der Waals surface area contributed by atoms with Gasteiger partial charge in [-0.15, -0.1) is 10.2 Å². The van der Waals surface area contributed by atoms with Crippen LogP contribution in [0.2, 0.25) is 0 Å². The number of nitrogens with zero attached hydrogens (tertiary/aromatic N) is 6. The Bertz CT molecular complexity index is 1720. The summed E-state index contributed by atoms with van der Waals surface area (Å²) in [4.78, 5) is 12.6. The van der Waals surface area contributed by atoms with Crippen molar-refractivity contribution in [2.24, 2.45) is 11.7 Å². The quantitative estimate of drug-likeness (QED) is 0.349. The Labute approximate surface area is 231 Å². The molecule has 8 rings (SSSR count). The molecular weight excluding hydrogens is 502 g/mol. The number of pyridine rings is 1. The maximum Gasteiger partial charge on any atom is 0.233 e. The lowest BCUT2D eigenvalue weighted by Gasteiger charge is -2.52. The molecule has 2 aliphatic carbocycles. The van der Waals surface area contributed by atoms with Crippen molar-refractivity contribution < 1.29 is 9.84 Å². The second-order valence-corrected chi connectivity index (χ2v) is 11.6. The second-order valence-electron chi connectivity index (χ2n) is 11.6. The van der Waals surface area contributed by atoms with Gasteiger partial charge in [-0.1, -0.05) is 54.6 Å². The van der Waals surface area contributed by atoms with Gasteiger partial charge in [-0.3, -0.25) is 0 Å². The van der Waals surface area contributed by atoms with Crippen LogP contribution in [-0.2, 0) is 10.3 Å². The van der Waals surface area contributed by atoms with Crippen molar-refractivity contribution in [1.82, 2.24) is 24.6 Å². The van der Waals surface area contributed by atoms with E-state index in [0.717, 1.165) is 76.8 Å². The molecule has 3 N–H and O–H groups in total. The van der Waals surface area contributed by atoms with Crippen LogP contribution >= 0.6 is 0 Å². The van der Waals surface area contributed by atoms with Crippen molar-refractivity contribution in [3.05, 3.63) is 72.3 Å². The fourth-order valence-electron chi connectivity index (χ4n) is 6.55. The van der Waals surface area contributed by atoms with Gasteiger partial charge in [-0.25, -0.2) is 14.4 Å². The molecule has 0 atom stereocenters. The fraction of sp³-hybridized carbons (Fsp3) is 0.355. The molecule has 3 aromatic heterocycles. The third kappa shape index (κ3) is 3.80. The predicted molar refractivity (Wildman–Crippen MR) is 153 cm³/mol. The minimum Gasteiger partial charge on any atom is -0.389 e. The topological polar surface area (TPSA) is 115 Å². The standard InChI is InChI=1S/C31H31N7O2/c32-30(18-31(39,19-30)23-10-11-23)22-8-6-21(7-9-22)26-27(20-4-2-1-3-5-20)34-28-24(33-26)12-13-25-35-36-29(38(25)28)37-14-16-40-17-15-37/h1-9,12-13,23,39H,10-11,14-19,32H2. The molecule has 3 fully saturated rings. The average molecular weight is 534 g/mol. The zero-order valence-electron chi connectivity index (χ0n) is 22.2. The molecule has 9 heteroatoms. The van der Waals surface area contributed by atoms with Crippen LogP contribution in [-0.4, -0.2) is 61.6 Å². The van der Waals surface area contributed by atoms with Gasteiger partial charge in [0.05, 0.1) is 30.2 Å². The molecule has 5 aromatic rings. The van der Waals surface area contributed by atoms with E-state index in [1.807, 2.05) is 34.7 Å². The van der Waals surface area contributed by atoms with E-state index in [0.29, 0.717) is 32.0 Å². The molecule has 0 spiro atoms. The summed E-state index contributed by atoms with van der Waals surface area (Å²) in [7, 11) is 0. The molecule has 0 amide bonds. The summed E-state index contributed by atoms with van der Waals surface area (Å²) in [6.45, 7) is 2.82. The first-order valence-electron chi connectivity index (χ1n) is 14.1. The normalized spacial score (nSPS) is 24.9. The number of anilines is 1. The summed E-state index contributed by atoms with van der Waals surface area (Å²) in [5, 5.41) is 19.8. The number of aromatic nitrogens is 5. The first-order chi connectivity index (χ1) is 19.5. The van der Waals surface area contributed by atoms with Gasteiger partial charge in [0, 0.05) is 29.8 Å². The molecule has 0 radical (unpaired) electrons. The van der Waals surface area contributed by atoms with Crippen LogP contribution in [0.15, 0.2) is 66.7 Å². The van der Waals surface area contributed by atoms with E-state index in [1.165, 1.54) is 0 Å². The average Bonchev–Trinajstić information content (AvgIpc) is 3.76.